The number of benzene rings is 2. The summed E-state index contributed by atoms with van der Waals surface area (Å²) in [5.41, 5.74) is 2.73. The SMILES string of the molecule is Cc1cc(CC(=O)O)ccc1OCc1ccc(Cl)cc1. The Hall–Kier alpha value is -2.00. The van der Waals surface area contributed by atoms with Crippen molar-refractivity contribution in [2.24, 2.45) is 0 Å². The van der Waals surface area contributed by atoms with Gasteiger partial charge in [-0.05, 0) is 41.8 Å². The highest BCUT2D eigenvalue weighted by Crippen LogP contribution is 2.21. The highest BCUT2D eigenvalue weighted by Gasteiger charge is 2.05. The average molecular weight is 291 g/mol. The molecule has 0 saturated heterocycles. The third-order valence-electron chi connectivity index (χ3n) is 2.90. The van der Waals surface area contributed by atoms with Gasteiger partial charge in [-0.2, -0.15) is 0 Å². The lowest BCUT2D eigenvalue weighted by Gasteiger charge is -2.10. The summed E-state index contributed by atoms with van der Waals surface area (Å²) in [6.07, 6.45) is 0.0261. The molecule has 0 amide bonds. The molecule has 3 nitrogen and oxygen atoms in total. The molecular formula is C16H15ClO3. The molecule has 2 aromatic rings. The van der Waals surface area contributed by atoms with Crippen LogP contribution in [0.5, 0.6) is 5.75 Å². The Kier molecular flexibility index (Phi) is 4.64. The molecule has 0 radical (unpaired) electrons. The number of aliphatic carboxylic acids is 1. The van der Waals surface area contributed by atoms with Crippen molar-refractivity contribution in [2.75, 3.05) is 0 Å². The number of carbonyl (C=O) groups is 1. The maximum Gasteiger partial charge on any atom is 0.307 e. The first-order chi connectivity index (χ1) is 9.54. The summed E-state index contributed by atoms with van der Waals surface area (Å²) in [7, 11) is 0. The topological polar surface area (TPSA) is 46.5 Å². The predicted molar refractivity (Wildman–Crippen MR) is 78.3 cm³/mol. The standard InChI is InChI=1S/C16H15ClO3/c1-11-8-13(9-16(18)19)4-7-15(11)20-10-12-2-5-14(17)6-3-12/h2-8H,9-10H2,1H3,(H,18,19). The molecule has 2 rings (SSSR count). The largest absolute Gasteiger partial charge is 0.489 e. The molecule has 0 spiro atoms. The minimum Gasteiger partial charge on any atom is -0.489 e. The van der Waals surface area contributed by atoms with E-state index in [0.717, 1.165) is 22.4 Å². The first-order valence-electron chi connectivity index (χ1n) is 6.23. The van der Waals surface area contributed by atoms with E-state index < -0.39 is 5.97 Å². The lowest BCUT2D eigenvalue weighted by Crippen LogP contribution is -2.01. The van der Waals surface area contributed by atoms with Gasteiger partial charge in [0.25, 0.3) is 0 Å². The van der Waals surface area contributed by atoms with Gasteiger partial charge in [0.1, 0.15) is 12.4 Å². The lowest BCUT2D eigenvalue weighted by molar-refractivity contribution is -0.136. The second kappa shape index (κ2) is 6.44. The van der Waals surface area contributed by atoms with E-state index in [9.17, 15) is 4.79 Å². The molecule has 1 N–H and O–H groups in total. The molecule has 4 heteroatoms. The van der Waals surface area contributed by atoms with Gasteiger partial charge in [0.05, 0.1) is 6.42 Å². The van der Waals surface area contributed by atoms with Crippen LogP contribution in [0.2, 0.25) is 5.02 Å². The van der Waals surface area contributed by atoms with Gasteiger partial charge in [0.2, 0.25) is 0 Å². The van der Waals surface area contributed by atoms with Crippen LogP contribution in [0.15, 0.2) is 42.5 Å². The molecule has 0 aromatic heterocycles. The molecular weight excluding hydrogens is 276 g/mol. The van der Waals surface area contributed by atoms with E-state index in [1.807, 2.05) is 43.3 Å². The fourth-order valence-electron chi connectivity index (χ4n) is 1.90. The summed E-state index contributed by atoms with van der Waals surface area (Å²) in [4.78, 5) is 10.7. The van der Waals surface area contributed by atoms with Crippen molar-refractivity contribution in [1.82, 2.24) is 0 Å². The van der Waals surface area contributed by atoms with E-state index in [1.54, 1.807) is 6.07 Å². The highest BCUT2D eigenvalue weighted by molar-refractivity contribution is 6.30. The Balaban J connectivity index is 2.02. The van der Waals surface area contributed by atoms with Crippen molar-refractivity contribution in [3.05, 3.63) is 64.2 Å². The number of carboxylic acid groups (broad SMARTS) is 1. The summed E-state index contributed by atoms with van der Waals surface area (Å²) >= 11 is 5.82. The Bertz CT molecular complexity index is 606. The molecule has 0 aliphatic heterocycles. The van der Waals surface area contributed by atoms with Crippen molar-refractivity contribution >= 4 is 17.6 Å². The van der Waals surface area contributed by atoms with Crippen LogP contribution in [0.3, 0.4) is 0 Å². The van der Waals surface area contributed by atoms with Crippen LogP contribution in [0.25, 0.3) is 0 Å². The van der Waals surface area contributed by atoms with Crippen LogP contribution in [0, 0.1) is 6.92 Å². The Morgan fingerprint density at radius 1 is 1.15 bits per heavy atom. The normalized spacial score (nSPS) is 10.3. The van der Waals surface area contributed by atoms with Crippen LogP contribution in [-0.4, -0.2) is 11.1 Å². The van der Waals surface area contributed by atoms with Gasteiger partial charge in [-0.3, -0.25) is 4.79 Å². The van der Waals surface area contributed by atoms with Crippen molar-refractivity contribution in [3.8, 4) is 5.75 Å². The number of rotatable bonds is 5. The summed E-state index contributed by atoms with van der Waals surface area (Å²) < 4.78 is 5.73. The van der Waals surface area contributed by atoms with E-state index in [-0.39, 0.29) is 6.42 Å². The van der Waals surface area contributed by atoms with E-state index in [0.29, 0.717) is 11.6 Å². The van der Waals surface area contributed by atoms with Gasteiger partial charge in [0, 0.05) is 5.02 Å². The monoisotopic (exact) mass is 290 g/mol. The molecule has 0 atom stereocenters. The summed E-state index contributed by atoms with van der Waals surface area (Å²) in [5.74, 6) is -0.0756. The van der Waals surface area contributed by atoms with Gasteiger partial charge < -0.3 is 9.84 Å². The molecule has 0 aliphatic carbocycles. The predicted octanol–water partition coefficient (Wildman–Crippen LogP) is 3.85. The third kappa shape index (κ3) is 4.00. The number of carboxylic acids is 1. The minimum absolute atomic E-state index is 0.0261. The number of ether oxygens (including phenoxy) is 1. The van der Waals surface area contributed by atoms with Crippen LogP contribution < -0.4 is 4.74 Å². The van der Waals surface area contributed by atoms with Gasteiger partial charge in [-0.1, -0.05) is 35.9 Å². The van der Waals surface area contributed by atoms with Crippen LogP contribution in [-0.2, 0) is 17.8 Å². The summed E-state index contributed by atoms with van der Waals surface area (Å²) in [6, 6.07) is 12.9. The van der Waals surface area contributed by atoms with Crippen molar-refractivity contribution in [3.63, 3.8) is 0 Å². The quantitative estimate of drug-likeness (QED) is 0.909. The molecule has 0 aliphatic rings. The fourth-order valence-corrected chi connectivity index (χ4v) is 2.03. The van der Waals surface area contributed by atoms with Gasteiger partial charge >= 0.3 is 5.97 Å². The summed E-state index contributed by atoms with van der Waals surface area (Å²) in [5, 5.41) is 9.46. The molecule has 0 unspecified atom stereocenters. The van der Waals surface area contributed by atoms with Gasteiger partial charge in [-0.25, -0.2) is 0 Å². The molecule has 104 valence electrons. The van der Waals surface area contributed by atoms with Crippen LogP contribution >= 0.6 is 11.6 Å². The van der Waals surface area contributed by atoms with Crippen LogP contribution in [0.1, 0.15) is 16.7 Å². The maximum atomic E-state index is 10.7. The molecule has 2 aromatic carbocycles. The Morgan fingerprint density at radius 2 is 1.80 bits per heavy atom. The molecule has 0 saturated carbocycles. The third-order valence-corrected chi connectivity index (χ3v) is 3.15. The Morgan fingerprint density at radius 3 is 2.40 bits per heavy atom. The zero-order valence-electron chi connectivity index (χ0n) is 11.1. The Labute approximate surface area is 122 Å². The molecule has 0 bridgehead atoms. The first kappa shape index (κ1) is 14.4. The molecule has 0 heterocycles. The zero-order chi connectivity index (χ0) is 14.5. The lowest BCUT2D eigenvalue weighted by atomic mass is 10.1. The molecule has 0 fully saturated rings. The van der Waals surface area contributed by atoms with Crippen molar-refractivity contribution < 1.29 is 14.6 Å². The van der Waals surface area contributed by atoms with E-state index in [2.05, 4.69) is 0 Å². The molecule has 20 heavy (non-hydrogen) atoms. The second-order valence-electron chi connectivity index (χ2n) is 4.59. The fraction of sp³-hybridized carbons (Fsp3) is 0.188. The number of hydrogen-bond donors (Lipinski definition) is 1. The number of halogens is 1. The van der Waals surface area contributed by atoms with Gasteiger partial charge in [0.15, 0.2) is 0 Å². The zero-order valence-corrected chi connectivity index (χ0v) is 11.9. The average Bonchev–Trinajstić information content (AvgIpc) is 2.39. The van der Waals surface area contributed by atoms with Crippen molar-refractivity contribution in [1.29, 1.82) is 0 Å². The first-order valence-corrected chi connectivity index (χ1v) is 6.61. The van der Waals surface area contributed by atoms with Gasteiger partial charge in [-0.15, -0.1) is 0 Å². The smallest absolute Gasteiger partial charge is 0.307 e. The van der Waals surface area contributed by atoms with Crippen molar-refractivity contribution in [2.45, 2.75) is 20.0 Å². The van der Waals surface area contributed by atoms with E-state index >= 15 is 0 Å². The number of aryl methyl sites for hydroxylation is 1. The van der Waals surface area contributed by atoms with E-state index in [1.165, 1.54) is 0 Å². The highest BCUT2D eigenvalue weighted by atomic mass is 35.5. The maximum absolute atomic E-state index is 10.7. The van der Waals surface area contributed by atoms with E-state index in [4.69, 9.17) is 21.4 Å². The van der Waals surface area contributed by atoms with Crippen LogP contribution in [0.4, 0.5) is 0 Å². The summed E-state index contributed by atoms with van der Waals surface area (Å²) in [6.45, 7) is 2.36. The minimum atomic E-state index is -0.834. The number of hydrogen-bond acceptors (Lipinski definition) is 2. The second-order valence-corrected chi connectivity index (χ2v) is 5.02.